The van der Waals surface area contributed by atoms with E-state index in [1.165, 1.54) is 11.3 Å². The summed E-state index contributed by atoms with van der Waals surface area (Å²) in [6, 6.07) is 21.3. The fourth-order valence-corrected chi connectivity index (χ4v) is 6.31. The molecule has 1 saturated heterocycles. The maximum absolute atomic E-state index is 14.4. The zero-order valence-corrected chi connectivity index (χ0v) is 27.8. The Balaban J connectivity index is 1.49. The van der Waals surface area contributed by atoms with Gasteiger partial charge >= 0.3 is 12.1 Å². The molecule has 11 nitrogen and oxygen atoms in total. The first kappa shape index (κ1) is 35.3. The Morgan fingerprint density at radius 3 is 2.26 bits per heavy atom. The topological polar surface area (TPSA) is 152 Å². The molecule has 1 aliphatic rings. The standard InChI is InChI=1S/C35H43N5O6S/c1-4-45-29(41)21-37-31(30(24-12-7-5-8-13-24)25-14-9-6-10-15-25)34(43)40-19-11-16-27(40)33(42)38-20-26-17-18-28(47-26)32(36)39-35(44)46-22-23(2)3/h5-10,12-15,17-18,23,27,30-31,37H,4,11,16,19-22H2,1-3H3,(H,38,42)(H2,36,39,44). The summed E-state index contributed by atoms with van der Waals surface area (Å²) in [5.74, 6) is -1.21. The highest BCUT2D eigenvalue weighted by Crippen LogP contribution is 2.31. The molecule has 1 aromatic heterocycles. The molecule has 47 heavy (non-hydrogen) atoms. The van der Waals surface area contributed by atoms with Crippen LogP contribution in [0.4, 0.5) is 4.79 Å². The predicted molar refractivity (Wildman–Crippen MR) is 181 cm³/mol. The van der Waals surface area contributed by atoms with Crippen molar-refractivity contribution in [3.63, 3.8) is 0 Å². The van der Waals surface area contributed by atoms with Crippen LogP contribution in [0.2, 0.25) is 0 Å². The fraction of sp³-hybridized carbons (Fsp3) is 0.400. The number of esters is 1. The summed E-state index contributed by atoms with van der Waals surface area (Å²) in [4.78, 5) is 59.1. The highest BCUT2D eigenvalue weighted by molar-refractivity contribution is 7.14. The number of amides is 3. The van der Waals surface area contributed by atoms with Gasteiger partial charge in [0.2, 0.25) is 11.8 Å². The first-order chi connectivity index (χ1) is 22.7. The van der Waals surface area contributed by atoms with E-state index < -0.39 is 30.1 Å². The number of hydrogen-bond acceptors (Lipinski definition) is 8. The van der Waals surface area contributed by atoms with Gasteiger partial charge in [0, 0.05) is 17.3 Å². The van der Waals surface area contributed by atoms with Crippen molar-refractivity contribution in [3.8, 4) is 0 Å². The second-order valence-corrected chi connectivity index (χ2v) is 12.8. The number of carbonyl (C=O) groups excluding carboxylic acids is 4. The molecule has 4 rings (SSSR count). The Kier molecular flexibility index (Phi) is 13.1. The van der Waals surface area contributed by atoms with Crippen molar-refractivity contribution in [2.24, 2.45) is 16.6 Å². The van der Waals surface area contributed by atoms with Crippen molar-refractivity contribution < 1.29 is 28.7 Å². The minimum Gasteiger partial charge on any atom is -0.465 e. The van der Waals surface area contributed by atoms with Gasteiger partial charge in [0.15, 0.2) is 0 Å². The van der Waals surface area contributed by atoms with Crippen LogP contribution in [0.15, 0.2) is 77.8 Å². The summed E-state index contributed by atoms with van der Waals surface area (Å²) in [7, 11) is 0. The highest BCUT2D eigenvalue weighted by atomic mass is 32.1. The van der Waals surface area contributed by atoms with E-state index in [9.17, 15) is 19.2 Å². The molecule has 0 saturated carbocycles. The molecule has 2 aromatic carbocycles. The molecule has 2 atom stereocenters. The van der Waals surface area contributed by atoms with E-state index in [1.54, 1.807) is 24.0 Å². The molecule has 1 aliphatic heterocycles. The molecule has 2 heterocycles. The summed E-state index contributed by atoms with van der Waals surface area (Å²) in [5.41, 5.74) is 7.81. The predicted octanol–water partition coefficient (Wildman–Crippen LogP) is 4.21. The Morgan fingerprint density at radius 1 is 0.979 bits per heavy atom. The monoisotopic (exact) mass is 661 g/mol. The Morgan fingerprint density at radius 2 is 1.64 bits per heavy atom. The molecule has 250 valence electrons. The zero-order valence-electron chi connectivity index (χ0n) is 27.0. The second kappa shape index (κ2) is 17.4. The third-order valence-corrected chi connectivity index (χ3v) is 8.74. The van der Waals surface area contributed by atoms with Gasteiger partial charge in [-0.2, -0.15) is 4.99 Å². The number of nitrogens with one attached hydrogen (secondary N) is 2. The van der Waals surface area contributed by atoms with Gasteiger partial charge in [-0.1, -0.05) is 74.5 Å². The van der Waals surface area contributed by atoms with Crippen molar-refractivity contribution in [2.45, 2.75) is 58.2 Å². The number of ether oxygens (including phenoxy) is 2. The van der Waals surface area contributed by atoms with Gasteiger partial charge in [-0.25, -0.2) is 4.79 Å². The van der Waals surface area contributed by atoms with E-state index in [0.29, 0.717) is 24.3 Å². The summed E-state index contributed by atoms with van der Waals surface area (Å²) in [6.45, 7) is 6.53. The molecule has 0 bridgehead atoms. The number of rotatable bonds is 14. The molecular formula is C35H43N5O6S. The van der Waals surface area contributed by atoms with E-state index in [4.69, 9.17) is 15.2 Å². The van der Waals surface area contributed by atoms with Crippen molar-refractivity contribution in [1.82, 2.24) is 15.5 Å². The normalized spacial score (nSPS) is 15.5. The molecule has 1 fully saturated rings. The maximum Gasteiger partial charge on any atom is 0.435 e. The van der Waals surface area contributed by atoms with Crippen molar-refractivity contribution in [3.05, 3.63) is 93.7 Å². The molecule has 12 heteroatoms. The number of likely N-dealkylation sites (tertiary alicyclic amines) is 1. The summed E-state index contributed by atoms with van der Waals surface area (Å²) in [5, 5.41) is 6.14. The lowest BCUT2D eigenvalue weighted by molar-refractivity contribution is -0.143. The van der Waals surface area contributed by atoms with Gasteiger partial charge in [0.1, 0.15) is 11.9 Å². The molecule has 3 amide bonds. The lowest BCUT2D eigenvalue weighted by atomic mass is 9.84. The molecule has 2 unspecified atom stereocenters. The first-order valence-electron chi connectivity index (χ1n) is 15.8. The number of nitrogens with two attached hydrogens (primary N) is 1. The number of amidine groups is 1. The van der Waals surface area contributed by atoms with E-state index in [1.807, 2.05) is 74.5 Å². The molecule has 3 aromatic rings. The highest BCUT2D eigenvalue weighted by Gasteiger charge is 2.40. The quantitative estimate of drug-likeness (QED) is 0.132. The van der Waals surface area contributed by atoms with Gasteiger partial charge in [0.05, 0.1) is 37.2 Å². The molecule has 0 radical (unpaired) electrons. The van der Waals surface area contributed by atoms with Crippen LogP contribution in [0.3, 0.4) is 0 Å². The third-order valence-electron chi connectivity index (χ3n) is 7.63. The van der Waals surface area contributed by atoms with Crippen LogP contribution < -0.4 is 16.4 Å². The van der Waals surface area contributed by atoms with Crippen LogP contribution in [0, 0.1) is 5.92 Å². The number of benzene rings is 2. The van der Waals surface area contributed by atoms with Crippen molar-refractivity contribution in [2.75, 3.05) is 26.3 Å². The smallest absolute Gasteiger partial charge is 0.435 e. The average Bonchev–Trinajstić information content (AvgIpc) is 3.76. The number of hydrogen-bond donors (Lipinski definition) is 3. The largest absolute Gasteiger partial charge is 0.465 e. The van der Waals surface area contributed by atoms with Gasteiger partial charge in [-0.15, -0.1) is 11.3 Å². The maximum atomic E-state index is 14.4. The van der Waals surface area contributed by atoms with E-state index in [0.717, 1.165) is 16.0 Å². The SMILES string of the molecule is CCOC(=O)CNC(C(=O)N1CCCC1C(=O)NCc1ccc(/C(N)=N/C(=O)OCC(C)C)s1)C(c1ccccc1)c1ccccc1. The van der Waals surface area contributed by atoms with Crippen molar-refractivity contribution >= 4 is 41.0 Å². The van der Waals surface area contributed by atoms with Gasteiger partial charge in [0.25, 0.3) is 0 Å². The van der Waals surface area contributed by atoms with Gasteiger partial charge in [-0.3, -0.25) is 19.7 Å². The van der Waals surface area contributed by atoms with Crippen LogP contribution >= 0.6 is 11.3 Å². The van der Waals surface area contributed by atoms with E-state index in [2.05, 4.69) is 15.6 Å². The number of nitrogens with zero attached hydrogens (tertiary/aromatic N) is 2. The lowest BCUT2D eigenvalue weighted by Crippen LogP contribution is -2.55. The minimum atomic E-state index is -0.841. The zero-order chi connectivity index (χ0) is 33.8. The van der Waals surface area contributed by atoms with Crippen LogP contribution in [0.1, 0.15) is 60.4 Å². The van der Waals surface area contributed by atoms with Crippen molar-refractivity contribution in [1.29, 1.82) is 0 Å². The van der Waals surface area contributed by atoms with Crippen LogP contribution in [-0.2, 0) is 30.4 Å². The fourth-order valence-electron chi connectivity index (χ4n) is 5.46. The molecule has 0 aliphatic carbocycles. The molecule has 0 spiro atoms. The lowest BCUT2D eigenvalue weighted by Gasteiger charge is -2.33. The van der Waals surface area contributed by atoms with Crippen LogP contribution in [-0.4, -0.2) is 73.0 Å². The number of carbonyl (C=O) groups is 4. The minimum absolute atomic E-state index is 0.0432. The summed E-state index contributed by atoms with van der Waals surface area (Å²) >= 11 is 1.30. The first-order valence-corrected chi connectivity index (χ1v) is 16.7. The second-order valence-electron chi connectivity index (χ2n) is 11.6. The van der Waals surface area contributed by atoms with Gasteiger partial charge in [-0.05, 0) is 48.9 Å². The average molecular weight is 662 g/mol. The number of aliphatic imine (C=N–C) groups is 1. The van der Waals surface area contributed by atoms with Crippen LogP contribution in [0.5, 0.6) is 0 Å². The third kappa shape index (κ3) is 9.97. The van der Waals surface area contributed by atoms with E-state index >= 15 is 0 Å². The Hall–Kier alpha value is -4.55. The molecular weight excluding hydrogens is 618 g/mol. The summed E-state index contributed by atoms with van der Waals surface area (Å²) < 4.78 is 10.2. The summed E-state index contributed by atoms with van der Waals surface area (Å²) in [6.07, 6.45) is 0.429. The molecule has 4 N–H and O–H groups in total. The van der Waals surface area contributed by atoms with E-state index in [-0.39, 0.29) is 49.9 Å². The van der Waals surface area contributed by atoms with Gasteiger partial charge < -0.3 is 25.4 Å². The Labute approximate surface area is 279 Å². The number of thiophene rings is 1. The Bertz CT molecular complexity index is 1490. The van der Waals surface area contributed by atoms with Crippen LogP contribution in [0.25, 0.3) is 0 Å².